The van der Waals surface area contributed by atoms with Crippen LogP contribution in [-0.4, -0.2) is 28.5 Å². The Bertz CT molecular complexity index is 292. The monoisotopic (exact) mass is 182 g/mol. The second-order valence-corrected chi connectivity index (χ2v) is 2.44. The van der Waals surface area contributed by atoms with Crippen LogP contribution in [0.1, 0.15) is 17.6 Å². The van der Waals surface area contributed by atoms with Crippen molar-refractivity contribution in [2.45, 2.75) is 12.8 Å². The Kier molecular flexibility index (Phi) is 3.19. The summed E-state index contributed by atoms with van der Waals surface area (Å²) in [7, 11) is 1.30. The van der Waals surface area contributed by atoms with Crippen molar-refractivity contribution in [1.82, 2.24) is 9.55 Å². The molecule has 0 spiro atoms. The van der Waals surface area contributed by atoms with Crippen LogP contribution in [0.15, 0.2) is 18.7 Å². The number of hydrogen-bond donors (Lipinski definition) is 0. The fraction of sp³-hybridized carbons (Fsp3) is 0.375. The predicted molar refractivity (Wildman–Crippen MR) is 44.1 cm³/mol. The molecule has 0 radical (unpaired) electrons. The minimum Gasteiger partial charge on any atom is -0.469 e. The summed E-state index contributed by atoms with van der Waals surface area (Å²) in [5.41, 5.74) is 0. The summed E-state index contributed by atoms with van der Waals surface area (Å²) in [4.78, 5) is 25.6. The summed E-state index contributed by atoms with van der Waals surface area (Å²) in [5, 5.41) is 0. The molecule has 5 nitrogen and oxygen atoms in total. The fourth-order valence-corrected chi connectivity index (χ4v) is 0.847. The molecule has 0 amide bonds. The average Bonchev–Trinajstić information content (AvgIpc) is 2.66. The van der Waals surface area contributed by atoms with Gasteiger partial charge < -0.3 is 4.74 Å². The van der Waals surface area contributed by atoms with E-state index in [0.717, 1.165) is 0 Å². The number of aromatic nitrogens is 2. The van der Waals surface area contributed by atoms with Crippen LogP contribution in [0.4, 0.5) is 0 Å². The van der Waals surface area contributed by atoms with Gasteiger partial charge in [0.25, 0.3) is 0 Å². The molecule has 0 unspecified atom stereocenters. The van der Waals surface area contributed by atoms with Crippen LogP contribution in [0.25, 0.3) is 0 Å². The Morgan fingerprint density at radius 2 is 2.23 bits per heavy atom. The van der Waals surface area contributed by atoms with Gasteiger partial charge in [0.1, 0.15) is 6.33 Å². The molecular formula is C8H10N2O3. The van der Waals surface area contributed by atoms with E-state index < -0.39 is 0 Å². The molecule has 1 aromatic heterocycles. The van der Waals surface area contributed by atoms with E-state index in [2.05, 4.69) is 9.72 Å². The highest BCUT2D eigenvalue weighted by molar-refractivity contribution is 5.82. The van der Waals surface area contributed by atoms with Crippen molar-refractivity contribution in [1.29, 1.82) is 0 Å². The lowest BCUT2D eigenvalue weighted by atomic mass is 10.3. The van der Waals surface area contributed by atoms with Gasteiger partial charge in [0.2, 0.25) is 5.91 Å². The first kappa shape index (κ1) is 9.44. The van der Waals surface area contributed by atoms with Gasteiger partial charge in [0.05, 0.1) is 13.5 Å². The summed E-state index contributed by atoms with van der Waals surface area (Å²) in [6.45, 7) is 0. The van der Waals surface area contributed by atoms with Gasteiger partial charge in [0.15, 0.2) is 0 Å². The van der Waals surface area contributed by atoms with E-state index >= 15 is 0 Å². The summed E-state index contributed by atoms with van der Waals surface area (Å²) in [5.74, 6) is -0.545. The Labute approximate surface area is 75.3 Å². The molecular weight excluding hydrogens is 172 g/mol. The number of imidazole rings is 1. The highest BCUT2D eigenvalue weighted by Gasteiger charge is 2.07. The third kappa shape index (κ3) is 2.70. The molecule has 1 rings (SSSR count). The standard InChI is InChI=1S/C8H10N2O3/c1-13-8(12)3-2-7(11)10-5-4-9-6-10/h4-6H,2-3H2,1H3. The third-order valence-corrected chi connectivity index (χ3v) is 1.56. The second kappa shape index (κ2) is 4.39. The predicted octanol–water partition coefficient (Wildman–Crippen LogP) is 0.476. The molecule has 0 N–H and O–H groups in total. The zero-order valence-corrected chi connectivity index (χ0v) is 7.27. The minimum absolute atomic E-state index is 0.105. The van der Waals surface area contributed by atoms with Crippen molar-refractivity contribution in [3.05, 3.63) is 18.7 Å². The van der Waals surface area contributed by atoms with E-state index in [4.69, 9.17) is 0 Å². The van der Waals surface area contributed by atoms with Gasteiger partial charge in [-0.15, -0.1) is 0 Å². The van der Waals surface area contributed by atoms with Crippen LogP contribution >= 0.6 is 0 Å². The summed E-state index contributed by atoms with van der Waals surface area (Å²) >= 11 is 0. The average molecular weight is 182 g/mol. The maximum atomic E-state index is 11.2. The van der Waals surface area contributed by atoms with Crippen LogP contribution in [0.5, 0.6) is 0 Å². The number of esters is 1. The number of rotatable bonds is 3. The second-order valence-electron chi connectivity index (χ2n) is 2.44. The SMILES string of the molecule is COC(=O)CCC(=O)n1ccnc1. The first-order valence-electron chi connectivity index (χ1n) is 3.82. The fourth-order valence-electron chi connectivity index (χ4n) is 0.847. The molecule has 13 heavy (non-hydrogen) atoms. The normalized spacial score (nSPS) is 9.62. The smallest absolute Gasteiger partial charge is 0.306 e. The molecule has 0 atom stereocenters. The maximum absolute atomic E-state index is 11.2. The van der Waals surface area contributed by atoms with Crippen LogP contribution in [0.3, 0.4) is 0 Å². The van der Waals surface area contributed by atoms with E-state index in [0.29, 0.717) is 0 Å². The number of carbonyl (C=O) groups is 2. The van der Waals surface area contributed by atoms with Crippen LogP contribution < -0.4 is 0 Å². The van der Waals surface area contributed by atoms with E-state index in [1.807, 2.05) is 0 Å². The number of hydrogen-bond acceptors (Lipinski definition) is 4. The first-order valence-corrected chi connectivity index (χ1v) is 3.82. The summed E-state index contributed by atoms with van der Waals surface area (Å²) in [6.07, 6.45) is 4.70. The molecule has 1 aromatic rings. The molecule has 0 aliphatic heterocycles. The third-order valence-electron chi connectivity index (χ3n) is 1.56. The van der Waals surface area contributed by atoms with Crippen LogP contribution in [0, 0.1) is 0 Å². The molecule has 0 saturated carbocycles. The molecule has 5 heteroatoms. The van der Waals surface area contributed by atoms with Crippen LogP contribution in [-0.2, 0) is 9.53 Å². The lowest BCUT2D eigenvalue weighted by molar-refractivity contribution is -0.140. The number of carbonyl (C=O) groups excluding carboxylic acids is 2. The Balaban J connectivity index is 2.39. The zero-order valence-electron chi connectivity index (χ0n) is 7.27. The molecule has 0 saturated heterocycles. The number of ether oxygens (including phenoxy) is 1. The van der Waals surface area contributed by atoms with Gasteiger partial charge in [-0.1, -0.05) is 0 Å². The van der Waals surface area contributed by atoms with Crippen molar-refractivity contribution >= 4 is 11.9 Å². The van der Waals surface area contributed by atoms with Gasteiger partial charge in [-0.2, -0.15) is 0 Å². The summed E-state index contributed by atoms with van der Waals surface area (Å²) < 4.78 is 5.74. The van der Waals surface area contributed by atoms with Crippen molar-refractivity contribution in [3.63, 3.8) is 0 Å². The largest absolute Gasteiger partial charge is 0.469 e. The lowest BCUT2D eigenvalue weighted by Crippen LogP contribution is -2.11. The Hall–Kier alpha value is -1.65. The molecule has 0 aliphatic rings. The van der Waals surface area contributed by atoms with Crippen molar-refractivity contribution in [3.8, 4) is 0 Å². The van der Waals surface area contributed by atoms with Gasteiger partial charge in [-0.05, 0) is 0 Å². The van der Waals surface area contributed by atoms with Crippen LogP contribution in [0.2, 0.25) is 0 Å². The molecule has 0 aliphatic carbocycles. The maximum Gasteiger partial charge on any atom is 0.306 e. The van der Waals surface area contributed by atoms with Crippen molar-refractivity contribution in [2.24, 2.45) is 0 Å². The van der Waals surface area contributed by atoms with E-state index in [9.17, 15) is 9.59 Å². The minimum atomic E-state index is -0.381. The Morgan fingerprint density at radius 3 is 2.77 bits per heavy atom. The highest BCUT2D eigenvalue weighted by atomic mass is 16.5. The molecule has 0 aromatic carbocycles. The van der Waals surface area contributed by atoms with E-state index in [1.165, 1.54) is 24.2 Å². The molecule has 1 heterocycles. The van der Waals surface area contributed by atoms with Gasteiger partial charge in [-0.25, -0.2) is 4.98 Å². The number of methoxy groups -OCH3 is 1. The first-order chi connectivity index (χ1) is 6.24. The molecule has 0 bridgehead atoms. The van der Waals surface area contributed by atoms with Crippen molar-refractivity contribution < 1.29 is 14.3 Å². The number of nitrogens with zero attached hydrogens (tertiary/aromatic N) is 2. The zero-order chi connectivity index (χ0) is 9.68. The summed E-state index contributed by atoms with van der Waals surface area (Å²) in [6, 6.07) is 0. The molecule has 0 fully saturated rings. The quantitative estimate of drug-likeness (QED) is 0.638. The lowest BCUT2D eigenvalue weighted by Gasteiger charge is -1.99. The Morgan fingerprint density at radius 1 is 1.46 bits per heavy atom. The van der Waals surface area contributed by atoms with Gasteiger partial charge in [-0.3, -0.25) is 14.2 Å². The van der Waals surface area contributed by atoms with Crippen molar-refractivity contribution in [2.75, 3.05) is 7.11 Å². The molecule has 70 valence electrons. The van der Waals surface area contributed by atoms with Gasteiger partial charge >= 0.3 is 5.97 Å². The van der Waals surface area contributed by atoms with E-state index in [1.54, 1.807) is 6.20 Å². The highest BCUT2D eigenvalue weighted by Crippen LogP contribution is 1.96. The topological polar surface area (TPSA) is 61.2 Å². The van der Waals surface area contributed by atoms with Gasteiger partial charge in [0, 0.05) is 18.8 Å². The van der Waals surface area contributed by atoms with E-state index in [-0.39, 0.29) is 24.7 Å².